The molecule has 2 N–H and O–H groups in total. The summed E-state index contributed by atoms with van der Waals surface area (Å²) >= 11 is 5.90. The lowest BCUT2D eigenvalue weighted by atomic mass is 9.95. The van der Waals surface area contributed by atoms with Crippen LogP contribution in [0.4, 0.5) is 5.95 Å². The molecular formula is C11H16ClN7O. The molecule has 0 aromatic carbocycles. The number of nitrogens with zero attached hydrogens (tertiary/aromatic N) is 6. The second-order valence-electron chi connectivity index (χ2n) is 4.58. The molecule has 0 bridgehead atoms. The Hall–Kier alpha value is -1.80. The van der Waals surface area contributed by atoms with Crippen LogP contribution >= 0.6 is 11.6 Å². The highest BCUT2D eigenvalue weighted by Crippen LogP contribution is 2.20. The maximum atomic E-state index is 9.13. The molecule has 9 heteroatoms. The van der Waals surface area contributed by atoms with Crippen molar-refractivity contribution < 1.29 is 5.11 Å². The van der Waals surface area contributed by atoms with E-state index in [1.54, 1.807) is 0 Å². The van der Waals surface area contributed by atoms with E-state index in [1.165, 1.54) is 17.3 Å². The Labute approximate surface area is 121 Å². The van der Waals surface area contributed by atoms with E-state index in [0.717, 1.165) is 6.42 Å². The Kier molecular flexibility index (Phi) is 4.46. The minimum atomic E-state index is -0.320. The molecule has 0 aliphatic heterocycles. The number of hydrogen-bond donors (Lipinski definition) is 2. The Morgan fingerprint density at radius 2 is 2.20 bits per heavy atom. The van der Waals surface area contributed by atoms with Crippen molar-refractivity contribution in [2.24, 2.45) is 0 Å². The highest BCUT2D eigenvalue weighted by molar-refractivity contribution is 6.28. The molecule has 0 saturated carbocycles. The number of rotatable bonds is 6. The average molecular weight is 298 g/mol. The van der Waals surface area contributed by atoms with Crippen LogP contribution in [0.25, 0.3) is 5.95 Å². The van der Waals surface area contributed by atoms with Crippen LogP contribution in [0.1, 0.15) is 26.7 Å². The summed E-state index contributed by atoms with van der Waals surface area (Å²) in [6.45, 7) is 4.08. The third-order valence-electron chi connectivity index (χ3n) is 3.08. The molecule has 108 valence electrons. The van der Waals surface area contributed by atoms with Gasteiger partial charge < -0.3 is 10.4 Å². The van der Waals surface area contributed by atoms with Crippen molar-refractivity contribution in [3.63, 3.8) is 0 Å². The zero-order valence-electron chi connectivity index (χ0n) is 11.3. The fourth-order valence-corrected chi connectivity index (χ4v) is 1.81. The second kappa shape index (κ2) is 6.10. The van der Waals surface area contributed by atoms with Gasteiger partial charge in [0, 0.05) is 12.1 Å². The van der Waals surface area contributed by atoms with Gasteiger partial charge in [0.15, 0.2) is 0 Å². The number of aliphatic hydroxyl groups is 1. The monoisotopic (exact) mass is 297 g/mol. The van der Waals surface area contributed by atoms with E-state index in [0.29, 0.717) is 12.4 Å². The molecule has 2 rings (SSSR count). The fraction of sp³-hybridized carbons (Fsp3) is 0.545. The molecular weight excluding hydrogens is 282 g/mol. The van der Waals surface area contributed by atoms with Gasteiger partial charge in [0.1, 0.15) is 12.7 Å². The molecule has 2 aromatic heterocycles. The molecule has 0 amide bonds. The average Bonchev–Trinajstić information content (AvgIpc) is 2.92. The van der Waals surface area contributed by atoms with E-state index >= 15 is 0 Å². The summed E-state index contributed by atoms with van der Waals surface area (Å²) in [6.07, 6.45) is 4.23. The minimum Gasteiger partial charge on any atom is -0.396 e. The van der Waals surface area contributed by atoms with Crippen LogP contribution in [0.5, 0.6) is 0 Å². The van der Waals surface area contributed by atoms with Gasteiger partial charge >= 0.3 is 0 Å². The largest absolute Gasteiger partial charge is 0.396 e. The van der Waals surface area contributed by atoms with E-state index in [1.807, 2.05) is 13.8 Å². The zero-order valence-corrected chi connectivity index (χ0v) is 12.0. The van der Waals surface area contributed by atoms with Gasteiger partial charge in [-0.3, -0.25) is 0 Å². The number of aromatic nitrogens is 6. The van der Waals surface area contributed by atoms with E-state index < -0.39 is 0 Å². The van der Waals surface area contributed by atoms with Gasteiger partial charge in [-0.05, 0) is 31.4 Å². The lowest BCUT2D eigenvalue weighted by Gasteiger charge is -2.28. The highest BCUT2D eigenvalue weighted by atomic mass is 35.5. The highest BCUT2D eigenvalue weighted by Gasteiger charge is 2.23. The molecule has 0 aliphatic rings. The van der Waals surface area contributed by atoms with Crippen molar-refractivity contribution in [3.05, 3.63) is 17.9 Å². The fourth-order valence-electron chi connectivity index (χ4n) is 1.65. The zero-order chi connectivity index (χ0) is 14.6. The summed E-state index contributed by atoms with van der Waals surface area (Å²) in [5.74, 6) is 0.626. The maximum Gasteiger partial charge on any atom is 0.258 e. The van der Waals surface area contributed by atoms with E-state index in [2.05, 4.69) is 30.4 Å². The Morgan fingerprint density at radius 1 is 1.40 bits per heavy atom. The van der Waals surface area contributed by atoms with Gasteiger partial charge in [0.05, 0.1) is 0 Å². The number of anilines is 1. The second-order valence-corrected chi connectivity index (χ2v) is 4.92. The van der Waals surface area contributed by atoms with Gasteiger partial charge in [-0.15, -0.1) is 0 Å². The molecule has 8 nitrogen and oxygen atoms in total. The van der Waals surface area contributed by atoms with E-state index in [-0.39, 0.29) is 23.4 Å². The van der Waals surface area contributed by atoms with Crippen molar-refractivity contribution in [2.75, 3.05) is 11.9 Å². The molecule has 0 aliphatic carbocycles. The lowest BCUT2D eigenvalue weighted by molar-refractivity contribution is 0.251. The minimum absolute atomic E-state index is 0.0652. The molecule has 0 saturated heterocycles. The van der Waals surface area contributed by atoms with Crippen molar-refractivity contribution >= 4 is 17.5 Å². The van der Waals surface area contributed by atoms with Crippen LogP contribution in [-0.2, 0) is 0 Å². The van der Waals surface area contributed by atoms with Gasteiger partial charge in [0.25, 0.3) is 5.95 Å². The molecule has 2 heterocycles. The molecule has 0 spiro atoms. The number of hydrogen-bond acceptors (Lipinski definition) is 7. The van der Waals surface area contributed by atoms with E-state index in [9.17, 15) is 0 Å². The molecule has 0 fully saturated rings. The van der Waals surface area contributed by atoms with Crippen LogP contribution in [0.2, 0.25) is 5.28 Å². The number of aliphatic hydroxyl groups excluding tert-OH is 1. The summed E-state index contributed by atoms with van der Waals surface area (Å²) < 4.78 is 1.40. The van der Waals surface area contributed by atoms with Crippen LogP contribution in [-0.4, -0.2) is 47.0 Å². The van der Waals surface area contributed by atoms with Gasteiger partial charge in [-0.2, -0.15) is 24.7 Å². The quantitative estimate of drug-likeness (QED) is 0.822. The normalized spacial score (nSPS) is 14.0. The Balaban J connectivity index is 2.28. The first kappa shape index (κ1) is 14.6. The molecule has 2 aromatic rings. The predicted molar refractivity (Wildman–Crippen MR) is 73.8 cm³/mol. The summed E-state index contributed by atoms with van der Waals surface area (Å²) in [4.78, 5) is 16.1. The standard InChI is InChI=1S/C11H16ClN7O/c1-3-11(2,4-5-20)18-9-15-8(12)16-10(17-9)19-7-13-6-14-19/h6-7,20H,3-5H2,1-2H3,(H,15,16,17,18). The number of halogens is 1. The summed E-state index contributed by atoms with van der Waals surface area (Å²) in [5.41, 5.74) is -0.320. The first-order valence-electron chi connectivity index (χ1n) is 6.22. The van der Waals surface area contributed by atoms with E-state index in [4.69, 9.17) is 16.7 Å². The SMILES string of the molecule is CCC(C)(CCO)Nc1nc(Cl)nc(-n2cncn2)n1. The molecule has 0 radical (unpaired) electrons. The summed E-state index contributed by atoms with van der Waals surface area (Å²) in [6, 6.07) is 0. The van der Waals surface area contributed by atoms with Crippen molar-refractivity contribution in [2.45, 2.75) is 32.2 Å². The van der Waals surface area contributed by atoms with Crippen LogP contribution in [0, 0.1) is 0 Å². The van der Waals surface area contributed by atoms with Crippen LogP contribution in [0.3, 0.4) is 0 Å². The first-order valence-corrected chi connectivity index (χ1v) is 6.60. The predicted octanol–water partition coefficient (Wildman–Crippen LogP) is 1.07. The Morgan fingerprint density at radius 3 is 2.80 bits per heavy atom. The molecule has 1 unspecified atom stereocenters. The smallest absolute Gasteiger partial charge is 0.258 e. The van der Waals surface area contributed by atoms with Crippen LogP contribution in [0.15, 0.2) is 12.7 Å². The van der Waals surface area contributed by atoms with Gasteiger partial charge in [0.2, 0.25) is 11.2 Å². The Bertz CT molecular complexity index is 562. The summed E-state index contributed by atoms with van der Waals surface area (Å²) in [7, 11) is 0. The van der Waals surface area contributed by atoms with Crippen molar-refractivity contribution in [1.82, 2.24) is 29.7 Å². The first-order chi connectivity index (χ1) is 9.56. The topological polar surface area (TPSA) is 102 Å². The molecule has 1 atom stereocenters. The third-order valence-corrected chi connectivity index (χ3v) is 3.25. The van der Waals surface area contributed by atoms with Gasteiger partial charge in [-0.1, -0.05) is 6.92 Å². The summed E-state index contributed by atoms with van der Waals surface area (Å²) in [5, 5.41) is 16.3. The lowest BCUT2D eigenvalue weighted by Crippen LogP contribution is -2.36. The maximum absolute atomic E-state index is 9.13. The molecule has 20 heavy (non-hydrogen) atoms. The van der Waals surface area contributed by atoms with Crippen molar-refractivity contribution in [3.8, 4) is 5.95 Å². The third kappa shape index (κ3) is 3.40. The van der Waals surface area contributed by atoms with Gasteiger partial charge in [-0.25, -0.2) is 4.98 Å². The van der Waals surface area contributed by atoms with Crippen LogP contribution < -0.4 is 5.32 Å². The number of nitrogens with one attached hydrogen (secondary N) is 1. The van der Waals surface area contributed by atoms with Crippen molar-refractivity contribution in [1.29, 1.82) is 0 Å².